The quantitative estimate of drug-likeness (QED) is 0.217. The fourth-order valence-corrected chi connectivity index (χ4v) is 2.72. The molecule has 0 amide bonds. The van der Waals surface area contributed by atoms with E-state index >= 15 is 0 Å². The number of carboxylic acid groups (broad SMARTS) is 1. The summed E-state index contributed by atoms with van der Waals surface area (Å²) >= 11 is 0. The molecule has 0 rings (SSSR count). The summed E-state index contributed by atoms with van der Waals surface area (Å²) in [5.74, 6) is -2.91. The highest BCUT2D eigenvalue weighted by Crippen LogP contribution is 2.13. The normalized spacial score (nSPS) is 11.8. The van der Waals surface area contributed by atoms with Crippen molar-refractivity contribution in [2.24, 2.45) is 5.73 Å². The smallest absolute Gasteiger partial charge is 0.357 e. The van der Waals surface area contributed by atoms with Gasteiger partial charge in [-0.3, -0.25) is 4.79 Å². The molecule has 27 heavy (non-hydrogen) atoms. The molecule has 0 bridgehead atoms. The molecule has 0 aliphatic heterocycles. The highest BCUT2D eigenvalue weighted by atomic mass is 17.2. The molecule has 0 aliphatic rings. The predicted molar refractivity (Wildman–Crippen MR) is 103 cm³/mol. The zero-order chi connectivity index (χ0) is 20.3. The van der Waals surface area contributed by atoms with Crippen molar-refractivity contribution in [1.82, 2.24) is 0 Å². The van der Waals surface area contributed by atoms with Crippen molar-refractivity contribution < 1.29 is 29.3 Å². The van der Waals surface area contributed by atoms with Gasteiger partial charge in [0.15, 0.2) is 0 Å². The summed E-state index contributed by atoms with van der Waals surface area (Å²) in [5.41, 5.74) is 5.17. The van der Waals surface area contributed by atoms with E-state index in [-0.39, 0.29) is 6.42 Å². The first-order valence-electron chi connectivity index (χ1n) is 10.4. The fourth-order valence-electron chi connectivity index (χ4n) is 2.72. The summed E-state index contributed by atoms with van der Waals surface area (Å²) in [7, 11) is 0. The van der Waals surface area contributed by atoms with E-state index in [1.54, 1.807) is 0 Å². The Morgan fingerprint density at radius 2 is 1.15 bits per heavy atom. The van der Waals surface area contributed by atoms with E-state index in [4.69, 9.17) is 10.8 Å². The van der Waals surface area contributed by atoms with Gasteiger partial charge < -0.3 is 10.8 Å². The largest absolute Gasteiger partial charge is 0.480 e. The number of aliphatic carboxylic acids is 1. The van der Waals surface area contributed by atoms with E-state index in [1.165, 1.54) is 64.2 Å². The number of unbranched alkanes of at least 4 members (excludes halogenated alkanes) is 12. The lowest BCUT2D eigenvalue weighted by molar-refractivity contribution is -0.259. The molecule has 0 aromatic heterocycles. The molecular formula is C20H37NO6. The molecule has 0 aromatic carbocycles. The molecule has 1 atom stereocenters. The monoisotopic (exact) mass is 387 g/mol. The van der Waals surface area contributed by atoms with Crippen molar-refractivity contribution in [3.05, 3.63) is 0 Å². The minimum Gasteiger partial charge on any atom is -0.480 e. The predicted octanol–water partition coefficient (Wildman–Crippen LogP) is 4.27. The van der Waals surface area contributed by atoms with Gasteiger partial charge in [0, 0.05) is 0 Å². The van der Waals surface area contributed by atoms with Crippen molar-refractivity contribution in [3.8, 4) is 0 Å². The number of hydrogen-bond donors (Lipinski definition) is 2. The Bertz CT molecular complexity index is 413. The lowest BCUT2D eigenvalue weighted by Gasteiger charge is -2.06. The summed E-state index contributed by atoms with van der Waals surface area (Å²) in [6.07, 6.45) is 15.4. The maximum Gasteiger partial charge on any atom is 0.357 e. The van der Waals surface area contributed by atoms with E-state index in [2.05, 4.69) is 16.7 Å². The van der Waals surface area contributed by atoms with Crippen molar-refractivity contribution in [3.63, 3.8) is 0 Å². The van der Waals surface area contributed by atoms with E-state index in [0.717, 1.165) is 12.8 Å². The molecule has 0 radical (unpaired) electrons. The van der Waals surface area contributed by atoms with Crippen LogP contribution in [0.25, 0.3) is 0 Å². The van der Waals surface area contributed by atoms with Gasteiger partial charge in [0.2, 0.25) is 0 Å². The molecule has 0 aromatic rings. The maximum absolute atomic E-state index is 11.4. The van der Waals surface area contributed by atoms with Gasteiger partial charge in [-0.15, -0.1) is 0 Å². The summed E-state index contributed by atoms with van der Waals surface area (Å²) in [4.78, 5) is 41.7. The Labute approximate surface area is 162 Å². The summed E-state index contributed by atoms with van der Waals surface area (Å²) in [6, 6.07) is -1.36. The molecule has 0 fully saturated rings. The highest BCUT2D eigenvalue weighted by molar-refractivity contribution is 5.81. The van der Waals surface area contributed by atoms with Crippen molar-refractivity contribution in [2.75, 3.05) is 0 Å². The minimum atomic E-state index is -1.36. The highest BCUT2D eigenvalue weighted by Gasteiger charge is 2.19. The van der Waals surface area contributed by atoms with Gasteiger partial charge in [-0.05, 0) is 6.42 Å². The van der Waals surface area contributed by atoms with Crippen LogP contribution in [0.15, 0.2) is 0 Å². The Hall–Kier alpha value is -1.63. The van der Waals surface area contributed by atoms with Crippen LogP contribution in [0.1, 0.15) is 103 Å². The molecule has 3 N–H and O–H groups in total. The van der Waals surface area contributed by atoms with Crippen molar-refractivity contribution in [1.29, 1.82) is 0 Å². The Balaban J connectivity index is 3.36. The van der Waals surface area contributed by atoms with Gasteiger partial charge in [0.1, 0.15) is 6.04 Å². The zero-order valence-electron chi connectivity index (χ0n) is 16.7. The second-order valence-corrected chi connectivity index (χ2v) is 7.05. The van der Waals surface area contributed by atoms with Crippen LogP contribution in [0.4, 0.5) is 0 Å². The third kappa shape index (κ3) is 17.5. The van der Waals surface area contributed by atoms with E-state index in [9.17, 15) is 14.4 Å². The second-order valence-electron chi connectivity index (χ2n) is 7.05. The van der Waals surface area contributed by atoms with Crippen LogP contribution in [-0.2, 0) is 24.2 Å². The van der Waals surface area contributed by atoms with E-state index in [0.29, 0.717) is 6.42 Å². The van der Waals surface area contributed by atoms with Crippen molar-refractivity contribution >= 4 is 17.9 Å². The third-order valence-corrected chi connectivity index (χ3v) is 4.42. The van der Waals surface area contributed by atoms with Crippen LogP contribution in [0.5, 0.6) is 0 Å². The van der Waals surface area contributed by atoms with Crippen LogP contribution in [0.2, 0.25) is 0 Å². The zero-order valence-corrected chi connectivity index (χ0v) is 16.7. The molecule has 0 heterocycles. The minimum absolute atomic E-state index is 0.177. The van der Waals surface area contributed by atoms with E-state index in [1.807, 2.05) is 0 Å². The van der Waals surface area contributed by atoms with Crippen LogP contribution >= 0.6 is 0 Å². The average Bonchev–Trinajstić information content (AvgIpc) is 2.63. The first kappa shape index (κ1) is 25.4. The number of nitrogens with two attached hydrogens (primary N) is 1. The van der Waals surface area contributed by atoms with Crippen molar-refractivity contribution in [2.45, 2.75) is 109 Å². The van der Waals surface area contributed by atoms with Gasteiger partial charge in [-0.1, -0.05) is 84.0 Å². The van der Waals surface area contributed by atoms with Crippen LogP contribution in [-0.4, -0.2) is 29.1 Å². The lowest BCUT2D eigenvalue weighted by Crippen LogP contribution is -2.33. The molecule has 7 nitrogen and oxygen atoms in total. The molecule has 0 saturated carbocycles. The topological polar surface area (TPSA) is 116 Å². The van der Waals surface area contributed by atoms with Gasteiger partial charge in [0.05, 0.1) is 12.8 Å². The first-order chi connectivity index (χ1) is 13.0. The molecule has 7 heteroatoms. The standard InChI is InChI=1S/C20H37NO6/c1-2-3-4-5-6-7-8-9-10-11-12-13-14-15-18(22)26-27-19(23)16-17(21)20(24)25/h17H,2-16,21H2,1H3,(H,24,25). The Morgan fingerprint density at radius 1 is 0.741 bits per heavy atom. The van der Waals surface area contributed by atoms with Gasteiger partial charge >= 0.3 is 17.9 Å². The number of rotatable bonds is 17. The van der Waals surface area contributed by atoms with Crippen LogP contribution in [0.3, 0.4) is 0 Å². The molecule has 158 valence electrons. The Morgan fingerprint density at radius 3 is 1.59 bits per heavy atom. The lowest BCUT2D eigenvalue weighted by atomic mass is 10.0. The molecule has 1 unspecified atom stereocenters. The molecule has 0 aliphatic carbocycles. The summed E-state index contributed by atoms with van der Waals surface area (Å²) < 4.78 is 0. The second kappa shape index (κ2) is 17.8. The third-order valence-electron chi connectivity index (χ3n) is 4.42. The summed E-state index contributed by atoms with van der Waals surface area (Å²) in [5, 5.41) is 8.55. The maximum atomic E-state index is 11.4. The average molecular weight is 388 g/mol. The number of carbonyl (C=O) groups excluding carboxylic acids is 2. The first-order valence-corrected chi connectivity index (χ1v) is 10.4. The summed E-state index contributed by atoms with van der Waals surface area (Å²) in [6.45, 7) is 2.24. The molecule has 0 spiro atoms. The Kier molecular flexibility index (Phi) is 16.7. The number of carboxylic acids is 1. The number of hydrogen-bond acceptors (Lipinski definition) is 6. The van der Waals surface area contributed by atoms with Gasteiger partial charge in [0.25, 0.3) is 0 Å². The van der Waals surface area contributed by atoms with Crippen LogP contribution in [0, 0.1) is 0 Å². The SMILES string of the molecule is CCCCCCCCCCCCCCCC(=O)OOC(=O)CC(N)C(=O)O. The number of carbonyl (C=O) groups is 3. The fraction of sp³-hybridized carbons (Fsp3) is 0.850. The van der Waals surface area contributed by atoms with Gasteiger partial charge in [-0.2, -0.15) is 0 Å². The van der Waals surface area contributed by atoms with E-state index < -0.39 is 30.4 Å². The molecular weight excluding hydrogens is 350 g/mol. The van der Waals surface area contributed by atoms with Crippen LogP contribution < -0.4 is 5.73 Å². The molecule has 0 saturated heterocycles. The van der Waals surface area contributed by atoms with Gasteiger partial charge in [-0.25, -0.2) is 19.4 Å².